The maximum absolute atomic E-state index is 13.5. The van der Waals surface area contributed by atoms with Crippen molar-refractivity contribution < 1.29 is 17.9 Å². The van der Waals surface area contributed by atoms with Gasteiger partial charge in [-0.25, -0.2) is 8.42 Å². The van der Waals surface area contributed by atoms with Gasteiger partial charge in [0.2, 0.25) is 15.9 Å². The number of piperazine rings is 1. The summed E-state index contributed by atoms with van der Waals surface area (Å²) in [4.78, 5) is 17.4. The molecule has 0 aromatic heterocycles. The fourth-order valence-electron chi connectivity index (χ4n) is 4.38. The van der Waals surface area contributed by atoms with Gasteiger partial charge < -0.3 is 14.5 Å². The van der Waals surface area contributed by atoms with Crippen molar-refractivity contribution in [3.63, 3.8) is 0 Å². The van der Waals surface area contributed by atoms with Crippen molar-refractivity contribution in [3.8, 4) is 5.75 Å². The third-order valence-electron chi connectivity index (χ3n) is 6.52. The first kappa shape index (κ1) is 25.7. The molecule has 0 N–H and O–H groups in total. The number of anilines is 1. The monoisotopic (exact) mass is 507 g/mol. The Hall–Kier alpha value is -3.36. The number of nitrogens with zero attached hydrogens (tertiary/aromatic N) is 3. The molecule has 7 nitrogen and oxygen atoms in total. The third kappa shape index (κ3) is 6.06. The largest absolute Gasteiger partial charge is 0.495 e. The zero-order valence-electron chi connectivity index (χ0n) is 20.8. The fraction of sp³-hybridized carbons (Fsp3) is 0.321. The van der Waals surface area contributed by atoms with E-state index in [1.165, 1.54) is 4.31 Å². The molecule has 0 aliphatic carbocycles. The number of amides is 1. The van der Waals surface area contributed by atoms with E-state index in [-0.39, 0.29) is 23.9 Å². The topological polar surface area (TPSA) is 70.2 Å². The van der Waals surface area contributed by atoms with E-state index in [0.29, 0.717) is 32.6 Å². The normalized spacial score (nSPS) is 14.2. The Morgan fingerprint density at radius 2 is 1.53 bits per heavy atom. The van der Waals surface area contributed by atoms with E-state index in [9.17, 15) is 13.2 Å². The summed E-state index contributed by atoms with van der Waals surface area (Å²) in [5, 5.41) is 0. The Labute approximate surface area is 214 Å². The van der Waals surface area contributed by atoms with Crippen LogP contribution in [0, 0.1) is 6.92 Å². The van der Waals surface area contributed by atoms with Crippen molar-refractivity contribution in [2.24, 2.45) is 0 Å². The van der Waals surface area contributed by atoms with Crippen molar-refractivity contribution in [1.82, 2.24) is 9.21 Å². The van der Waals surface area contributed by atoms with Crippen LogP contribution in [0.15, 0.2) is 83.8 Å². The lowest BCUT2D eigenvalue weighted by atomic mass is 10.1. The van der Waals surface area contributed by atoms with Crippen LogP contribution in [-0.4, -0.2) is 69.9 Å². The number of hydrogen-bond acceptors (Lipinski definition) is 5. The first-order valence-electron chi connectivity index (χ1n) is 12.1. The maximum Gasteiger partial charge on any atom is 0.243 e. The third-order valence-corrected chi connectivity index (χ3v) is 8.38. The Kier molecular flexibility index (Phi) is 8.28. The highest BCUT2D eigenvalue weighted by Gasteiger charge is 2.30. The van der Waals surface area contributed by atoms with Crippen LogP contribution in [0.2, 0.25) is 0 Å². The first-order valence-corrected chi connectivity index (χ1v) is 13.6. The Morgan fingerprint density at radius 3 is 2.19 bits per heavy atom. The maximum atomic E-state index is 13.5. The molecule has 3 aromatic rings. The lowest BCUT2D eigenvalue weighted by Crippen LogP contribution is -2.52. The molecule has 0 radical (unpaired) electrons. The molecule has 0 unspecified atom stereocenters. The highest BCUT2D eigenvalue weighted by Crippen LogP contribution is 2.28. The number of aryl methyl sites for hydroxylation is 1. The van der Waals surface area contributed by atoms with Crippen molar-refractivity contribution in [2.45, 2.75) is 18.2 Å². The molecule has 3 aromatic carbocycles. The molecule has 0 saturated carbocycles. The molecule has 1 aliphatic rings. The lowest BCUT2D eigenvalue weighted by molar-refractivity contribution is -0.131. The van der Waals surface area contributed by atoms with Gasteiger partial charge in [-0.05, 0) is 43.2 Å². The second-order valence-electron chi connectivity index (χ2n) is 8.93. The van der Waals surface area contributed by atoms with Gasteiger partial charge in [-0.1, -0.05) is 60.2 Å². The SMILES string of the molecule is COc1ccccc1N1CCN(C(=O)CN(CCc2ccccc2)S(=O)(=O)c2ccc(C)cc2)CC1. The van der Waals surface area contributed by atoms with Gasteiger partial charge in [-0.15, -0.1) is 0 Å². The number of para-hydroxylation sites is 2. The van der Waals surface area contributed by atoms with Gasteiger partial charge in [0.05, 0.1) is 24.2 Å². The van der Waals surface area contributed by atoms with Crippen molar-refractivity contribution in [3.05, 3.63) is 90.0 Å². The minimum Gasteiger partial charge on any atom is -0.495 e. The van der Waals surface area contributed by atoms with Gasteiger partial charge in [0.15, 0.2) is 0 Å². The van der Waals surface area contributed by atoms with Gasteiger partial charge in [0.25, 0.3) is 0 Å². The molecule has 1 fully saturated rings. The van der Waals surface area contributed by atoms with Crippen molar-refractivity contribution in [2.75, 3.05) is 51.3 Å². The molecule has 1 aliphatic heterocycles. The highest BCUT2D eigenvalue weighted by atomic mass is 32.2. The van der Waals surface area contributed by atoms with Crippen LogP contribution in [-0.2, 0) is 21.2 Å². The number of rotatable bonds is 9. The zero-order chi connectivity index (χ0) is 25.5. The molecule has 36 heavy (non-hydrogen) atoms. The quantitative estimate of drug-likeness (QED) is 0.443. The molecule has 4 rings (SSSR count). The van der Waals surface area contributed by atoms with Crippen LogP contribution in [0.5, 0.6) is 5.75 Å². The van der Waals surface area contributed by atoms with E-state index in [1.807, 2.05) is 61.5 Å². The summed E-state index contributed by atoms with van der Waals surface area (Å²) in [7, 11) is -2.18. The minimum atomic E-state index is -3.83. The molecule has 0 bridgehead atoms. The summed E-state index contributed by atoms with van der Waals surface area (Å²) in [6.07, 6.45) is 0.529. The van der Waals surface area contributed by atoms with Crippen LogP contribution in [0.3, 0.4) is 0 Å². The Bertz CT molecular complexity index is 1260. The summed E-state index contributed by atoms with van der Waals surface area (Å²) in [6, 6.07) is 24.3. The van der Waals surface area contributed by atoms with Gasteiger partial charge in [-0.3, -0.25) is 4.79 Å². The number of carbonyl (C=O) groups is 1. The van der Waals surface area contributed by atoms with Crippen LogP contribution < -0.4 is 9.64 Å². The number of sulfonamides is 1. The Balaban J connectivity index is 1.46. The van der Waals surface area contributed by atoms with Crippen LogP contribution in [0.25, 0.3) is 0 Å². The van der Waals surface area contributed by atoms with Crippen LogP contribution in [0.1, 0.15) is 11.1 Å². The summed E-state index contributed by atoms with van der Waals surface area (Å²) < 4.78 is 33.8. The number of ether oxygens (including phenoxy) is 1. The summed E-state index contributed by atoms with van der Waals surface area (Å²) in [5.41, 5.74) is 3.01. The summed E-state index contributed by atoms with van der Waals surface area (Å²) in [5.74, 6) is 0.618. The lowest BCUT2D eigenvalue weighted by Gasteiger charge is -2.37. The molecular weight excluding hydrogens is 474 g/mol. The standard InChI is InChI=1S/C28H33N3O4S/c1-23-12-14-25(15-13-23)36(33,34)31(17-16-24-8-4-3-5-9-24)22-28(32)30-20-18-29(19-21-30)26-10-6-7-11-27(26)35-2/h3-15H,16-22H2,1-2H3. The smallest absolute Gasteiger partial charge is 0.243 e. The van der Waals surface area contributed by atoms with Crippen LogP contribution >= 0.6 is 0 Å². The predicted molar refractivity (Wildman–Crippen MR) is 142 cm³/mol. The number of carbonyl (C=O) groups excluding carboxylic acids is 1. The number of benzene rings is 3. The van der Waals surface area contributed by atoms with Gasteiger partial charge in [-0.2, -0.15) is 4.31 Å². The first-order chi connectivity index (χ1) is 17.4. The van der Waals surface area contributed by atoms with Gasteiger partial charge >= 0.3 is 0 Å². The fourth-order valence-corrected chi connectivity index (χ4v) is 5.77. The molecule has 1 amide bonds. The summed E-state index contributed by atoms with van der Waals surface area (Å²) in [6.45, 7) is 4.31. The average molecular weight is 508 g/mol. The van der Waals surface area contributed by atoms with E-state index in [4.69, 9.17) is 4.74 Å². The van der Waals surface area contributed by atoms with Crippen molar-refractivity contribution >= 4 is 21.6 Å². The Morgan fingerprint density at radius 1 is 0.889 bits per heavy atom. The molecular formula is C28H33N3O4S. The molecule has 0 spiro atoms. The van der Waals surface area contributed by atoms with E-state index in [1.54, 1.807) is 36.3 Å². The molecule has 190 valence electrons. The van der Waals surface area contributed by atoms with Crippen molar-refractivity contribution in [1.29, 1.82) is 0 Å². The molecule has 1 heterocycles. The van der Waals surface area contributed by atoms with E-state index >= 15 is 0 Å². The minimum absolute atomic E-state index is 0.182. The zero-order valence-corrected chi connectivity index (χ0v) is 21.7. The predicted octanol–water partition coefficient (Wildman–Crippen LogP) is 3.59. The summed E-state index contributed by atoms with van der Waals surface area (Å²) >= 11 is 0. The van der Waals surface area contributed by atoms with E-state index in [0.717, 1.165) is 22.6 Å². The molecule has 8 heteroatoms. The number of methoxy groups -OCH3 is 1. The number of hydrogen-bond donors (Lipinski definition) is 0. The second-order valence-corrected chi connectivity index (χ2v) is 10.9. The van der Waals surface area contributed by atoms with Gasteiger partial charge in [0.1, 0.15) is 5.75 Å². The van der Waals surface area contributed by atoms with E-state index < -0.39 is 10.0 Å². The molecule has 0 atom stereocenters. The van der Waals surface area contributed by atoms with Gasteiger partial charge in [0, 0.05) is 32.7 Å². The highest BCUT2D eigenvalue weighted by molar-refractivity contribution is 7.89. The van der Waals surface area contributed by atoms with Crippen LogP contribution in [0.4, 0.5) is 5.69 Å². The second kappa shape index (κ2) is 11.6. The van der Waals surface area contributed by atoms with E-state index in [2.05, 4.69) is 4.90 Å². The average Bonchev–Trinajstić information content (AvgIpc) is 2.91. The molecule has 1 saturated heterocycles.